The zero-order valence-electron chi connectivity index (χ0n) is 10.2. The second-order valence-electron chi connectivity index (χ2n) is 4.13. The number of nitrogens with one attached hydrogen (secondary N) is 1. The van der Waals surface area contributed by atoms with Gasteiger partial charge >= 0.3 is 0 Å². The van der Waals surface area contributed by atoms with Gasteiger partial charge in [0.25, 0.3) is 5.56 Å². The minimum absolute atomic E-state index is 0.211. The van der Waals surface area contributed by atoms with E-state index in [0.29, 0.717) is 22.7 Å². The van der Waals surface area contributed by atoms with Gasteiger partial charge in [-0.05, 0) is 19.1 Å². The number of nitrogen functional groups attached to an aromatic ring is 1. The van der Waals surface area contributed by atoms with Crippen molar-refractivity contribution in [1.29, 1.82) is 0 Å². The third-order valence-corrected chi connectivity index (χ3v) is 2.79. The Kier molecular flexibility index (Phi) is 2.52. The van der Waals surface area contributed by atoms with Gasteiger partial charge in [0.15, 0.2) is 11.5 Å². The van der Waals surface area contributed by atoms with Crippen LogP contribution in [0.15, 0.2) is 29.2 Å². The summed E-state index contributed by atoms with van der Waals surface area (Å²) in [4.78, 5) is 15.8. The van der Waals surface area contributed by atoms with Gasteiger partial charge in [-0.15, -0.1) is 0 Å². The molecule has 0 saturated heterocycles. The van der Waals surface area contributed by atoms with Gasteiger partial charge in [0, 0.05) is 23.5 Å². The van der Waals surface area contributed by atoms with E-state index in [0.717, 1.165) is 4.68 Å². The Balaban J connectivity index is 1.94. The van der Waals surface area contributed by atoms with Crippen LogP contribution in [-0.2, 0) is 0 Å². The summed E-state index contributed by atoms with van der Waals surface area (Å²) in [7, 11) is 0. The summed E-state index contributed by atoms with van der Waals surface area (Å²) in [5.74, 6) is 7.26. The fraction of sp³-hybridized carbons (Fsp3) is 0.167. The first-order chi connectivity index (χ1) is 9.15. The molecular weight excluding hydrogens is 248 g/mol. The highest BCUT2D eigenvalue weighted by molar-refractivity contribution is 5.60. The van der Waals surface area contributed by atoms with Crippen LogP contribution in [0.4, 0.5) is 11.6 Å². The summed E-state index contributed by atoms with van der Waals surface area (Å²) in [6, 6.07) is 5.33. The first kappa shape index (κ1) is 11.4. The molecule has 98 valence electrons. The van der Waals surface area contributed by atoms with Crippen molar-refractivity contribution in [2.45, 2.75) is 6.92 Å². The van der Waals surface area contributed by atoms with Crippen LogP contribution in [-0.4, -0.2) is 16.5 Å². The molecule has 1 aromatic carbocycles. The maximum Gasteiger partial charge on any atom is 0.276 e. The molecule has 3 rings (SSSR count). The number of ether oxygens (including phenoxy) is 2. The third kappa shape index (κ3) is 1.95. The number of aromatic nitrogens is 2. The van der Waals surface area contributed by atoms with Crippen LogP contribution in [0.3, 0.4) is 0 Å². The minimum Gasteiger partial charge on any atom is -0.454 e. The van der Waals surface area contributed by atoms with E-state index in [9.17, 15) is 4.79 Å². The van der Waals surface area contributed by atoms with Crippen molar-refractivity contribution in [3.63, 3.8) is 0 Å². The van der Waals surface area contributed by atoms with Gasteiger partial charge in [0.05, 0.1) is 0 Å². The number of nitrogens with zero attached hydrogens (tertiary/aromatic N) is 2. The average Bonchev–Trinajstić information content (AvgIpc) is 2.87. The Morgan fingerprint density at radius 1 is 1.37 bits per heavy atom. The van der Waals surface area contributed by atoms with Gasteiger partial charge in [-0.2, -0.15) is 4.68 Å². The second-order valence-corrected chi connectivity index (χ2v) is 4.13. The lowest BCUT2D eigenvalue weighted by atomic mass is 10.3. The van der Waals surface area contributed by atoms with E-state index in [1.807, 2.05) is 0 Å². The zero-order valence-corrected chi connectivity index (χ0v) is 10.2. The van der Waals surface area contributed by atoms with E-state index in [4.69, 9.17) is 15.3 Å². The Morgan fingerprint density at radius 2 is 2.16 bits per heavy atom. The van der Waals surface area contributed by atoms with E-state index in [1.165, 1.54) is 6.20 Å². The SMILES string of the molecule is Cc1cnc(Nc2ccc3c(c2)OCO3)n(N)c1=O. The molecule has 19 heavy (non-hydrogen) atoms. The third-order valence-electron chi connectivity index (χ3n) is 2.79. The Hall–Kier alpha value is -2.70. The fourth-order valence-electron chi connectivity index (χ4n) is 1.76. The maximum atomic E-state index is 11.7. The molecule has 0 saturated carbocycles. The van der Waals surface area contributed by atoms with Crippen LogP contribution in [0.5, 0.6) is 11.5 Å². The zero-order chi connectivity index (χ0) is 13.4. The maximum absolute atomic E-state index is 11.7. The van der Waals surface area contributed by atoms with Crippen molar-refractivity contribution < 1.29 is 9.47 Å². The molecule has 0 aliphatic carbocycles. The molecule has 0 fully saturated rings. The standard InChI is InChI=1S/C12H12N4O3/c1-7-5-14-12(16(13)11(7)17)15-8-2-3-9-10(4-8)19-6-18-9/h2-5H,6,13H2,1H3,(H,14,15). The molecule has 1 aromatic heterocycles. The van der Waals surface area contributed by atoms with Crippen LogP contribution in [0.25, 0.3) is 0 Å². The van der Waals surface area contributed by atoms with Gasteiger partial charge in [0.2, 0.25) is 12.7 Å². The summed E-state index contributed by atoms with van der Waals surface area (Å²) >= 11 is 0. The minimum atomic E-state index is -0.293. The Bertz CT molecular complexity index is 696. The van der Waals surface area contributed by atoms with E-state index in [-0.39, 0.29) is 18.3 Å². The largest absolute Gasteiger partial charge is 0.454 e. The predicted molar refractivity (Wildman–Crippen MR) is 69.2 cm³/mol. The quantitative estimate of drug-likeness (QED) is 0.774. The van der Waals surface area contributed by atoms with Gasteiger partial charge in [-0.3, -0.25) is 4.79 Å². The van der Waals surface area contributed by atoms with Crippen molar-refractivity contribution in [1.82, 2.24) is 9.66 Å². The molecule has 2 aromatic rings. The van der Waals surface area contributed by atoms with Crippen molar-refractivity contribution in [3.8, 4) is 11.5 Å². The number of nitrogens with two attached hydrogens (primary N) is 1. The summed E-state index contributed by atoms with van der Waals surface area (Å²) in [5, 5.41) is 2.96. The van der Waals surface area contributed by atoms with Crippen LogP contribution in [0, 0.1) is 6.92 Å². The van der Waals surface area contributed by atoms with Crippen molar-refractivity contribution in [2.75, 3.05) is 18.0 Å². The van der Waals surface area contributed by atoms with Crippen LogP contribution in [0.2, 0.25) is 0 Å². The molecule has 0 amide bonds. The van der Waals surface area contributed by atoms with Crippen molar-refractivity contribution in [3.05, 3.63) is 40.3 Å². The van der Waals surface area contributed by atoms with Gasteiger partial charge in [-0.1, -0.05) is 0 Å². The first-order valence-electron chi connectivity index (χ1n) is 5.65. The van der Waals surface area contributed by atoms with E-state index >= 15 is 0 Å². The molecule has 0 atom stereocenters. The Morgan fingerprint density at radius 3 is 3.00 bits per heavy atom. The van der Waals surface area contributed by atoms with E-state index < -0.39 is 0 Å². The molecule has 0 unspecified atom stereocenters. The summed E-state index contributed by atoms with van der Waals surface area (Å²) < 4.78 is 11.5. The lowest BCUT2D eigenvalue weighted by molar-refractivity contribution is 0.174. The smallest absolute Gasteiger partial charge is 0.276 e. The number of aryl methyl sites for hydroxylation is 1. The number of hydrogen-bond acceptors (Lipinski definition) is 6. The summed E-state index contributed by atoms with van der Waals surface area (Å²) in [5.41, 5.74) is 0.899. The number of benzene rings is 1. The fourth-order valence-corrected chi connectivity index (χ4v) is 1.76. The highest BCUT2D eigenvalue weighted by Crippen LogP contribution is 2.34. The molecule has 0 radical (unpaired) electrons. The van der Waals surface area contributed by atoms with Crippen LogP contribution >= 0.6 is 0 Å². The van der Waals surface area contributed by atoms with Crippen molar-refractivity contribution in [2.24, 2.45) is 0 Å². The summed E-state index contributed by atoms with van der Waals surface area (Å²) in [6.07, 6.45) is 1.47. The monoisotopic (exact) mass is 260 g/mol. The highest BCUT2D eigenvalue weighted by Gasteiger charge is 2.14. The summed E-state index contributed by atoms with van der Waals surface area (Å²) in [6.45, 7) is 1.87. The molecule has 0 spiro atoms. The number of anilines is 2. The van der Waals surface area contributed by atoms with Gasteiger partial charge < -0.3 is 20.6 Å². The van der Waals surface area contributed by atoms with Crippen LogP contribution in [0.1, 0.15) is 5.56 Å². The molecule has 1 aliphatic rings. The first-order valence-corrected chi connectivity index (χ1v) is 5.65. The second kappa shape index (κ2) is 4.20. The molecule has 0 bridgehead atoms. The van der Waals surface area contributed by atoms with Crippen molar-refractivity contribution >= 4 is 11.6 Å². The normalized spacial score (nSPS) is 12.5. The average molecular weight is 260 g/mol. The number of rotatable bonds is 2. The lowest BCUT2D eigenvalue weighted by Crippen LogP contribution is -2.31. The van der Waals surface area contributed by atoms with E-state index in [1.54, 1.807) is 25.1 Å². The van der Waals surface area contributed by atoms with Gasteiger partial charge in [-0.25, -0.2) is 4.98 Å². The Labute approximate surface area is 108 Å². The van der Waals surface area contributed by atoms with Gasteiger partial charge in [0.1, 0.15) is 0 Å². The van der Waals surface area contributed by atoms with E-state index in [2.05, 4.69) is 10.3 Å². The predicted octanol–water partition coefficient (Wildman–Crippen LogP) is 0.738. The number of hydrogen-bond donors (Lipinski definition) is 2. The molecular formula is C12H12N4O3. The molecule has 7 heteroatoms. The van der Waals surface area contributed by atoms with Crippen LogP contribution < -0.4 is 26.2 Å². The number of fused-ring (bicyclic) bond motifs is 1. The molecule has 2 heterocycles. The molecule has 7 nitrogen and oxygen atoms in total. The molecule has 1 aliphatic heterocycles. The molecule has 3 N–H and O–H groups in total. The highest BCUT2D eigenvalue weighted by atomic mass is 16.7. The lowest BCUT2D eigenvalue weighted by Gasteiger charge is -2.10. The topological polar surface area (TPSA) is 91.4 Å².